The van der Waals surface area contributed by atoms with Crippen molar-refractivity contribution < 1.29 is 9.53 Å². The van der Waals surface area contributed by atoms with Crippen LogP contribution in [0.4, 0.5) is 5.69 Å². The van der Waals surface area contributed by atoms with Crippen LogP contribution in [-0.4, -0.2) is 18.0 Å². The molecule has 21 heavy (non-hydrogen) atoms. The zero-order valence-electron chi connectivity index (χ0n) is 12.1. The van der Waals surface area contributed by atoms with Crippen LogP contribution in [0.25, 0.3) is 0 Å². The molecule has 0 spiro atoms. The Morgan fingerprint density at radius 3 is 2.95 bits per heavy atom. The van der Waals surface area contributed by atoms with E-state index in [1.807, 2.05) is 12.1 Å². The maximum Gasteiger partial charge on any atom is 0.275 e. The van der Waals surface area contributed by atoms with Crippen molar-refractivity contribution in [3.8, 4) is 5.75 Å². The number of anilines is 1. The number of aromatic nitrogens is 1. The van der Waals surface area contributed by atoms with Gasteiger partial charge in [-0.3, -0.25) is 4.79 Å². The molecule has 6 heteroatoms. The number of hydrogen-bond acceptors (Lipinski definition) is 5. The number of thiazole rings is 1. The van der Waals surface area contributed by atoms with Gasteiger partial charge in [-0.2, -0.15) is 0 Å². The van der Waals surface area contributed by atoms with E-state index in [4.69, 9.17) is 10.5 Å². The maximum absolute atomic E-state index is 12.2. The third kappa shape index (κ3) is 3.80. The van der Waals surface area contributed by atoms with Crippen LogP contribution in [0.5, 0.6) is 5.75 Å². The molecule has 0 saturated carbocycles. The van der Waals surface area contributed by atoms with Gasteiger partial charge >= 0.3 is 0 Å². The Labute approximate surface area is 128 Å². The topological polar surface area (TPSA) is 77.2 Å². The Morgan fingerprint density at radius 1 is 1.48 bits per heavy atom. The number of para-hydroxylation sites is 2. The summed E-state index contributed by atoms with van der Waals surface area (Å²) in [5.41, 5.74) is 7.02. The summed E-state index contributed by atoms with van der Waals surface area (Å²) in [6.07, 6.45) is 1.85. The Balaban J connectivity index is 2.10. The molecule has 2 rings (SSSR count). The Kier molecular flexibility index (Phi) is 5.30. The van der Waals surface area contributed by atoms with E-state index in [0.29, 0.717) is 17.1 Å². The smallest absolute Gasteiger partial charge is 0.275 e. The Bertz CT molecular complexity index is 612. The number of hydrogen-bond donors (Lipinski definition) is 2. The zero-order valence-corrected chi connectivity index (χ0v) is 12.9. The van der Waals surface area contributed by atoms with Crippen molar-refractivity contribution in [3.05, 3.63) is 40.3 Å². The second-order valence-corrected chi connectivity index (χ2v) is 5.51. The van der Waals surface area contributed by atoms with E-state index < -0.39 is 0 Å². The molecule has 0 bridgehead atoms. The molecule has 0 aliphatic rings. The first-order valence-electron chi connectivity index (χ1n) is 6.81. The van der Waals surface area contributed by atoms with Gasteiger partial charge in [0.15, 0.2) is 0 Å². The number of nitrogens with one attached hydrogen (secondary N) is 1. The summed E-state index contributed by atoms with van der Waals surface area (Å²) in [6, 6.07) is 7.15. The van der Waals surface area contributed by atoms with Gasteiger partial charge in [-0.25, -0.2) is 4.98 Å². The molecule has 0 saturated heterocycles. The molecule has 1 heterocycles. The number of rotatable bonds is 6. The van der Waals surface area contributed by atoms with Gasteiger partial charge in [-0.1, -0.05) is 25.5 Å². The number of nitrogens with two attached hydrogens (primary N) is 1. The van der Waals surface area contributed by atoms with Gasteiger partial charge in [-0.15, -0.1) is 11.3 Å². The Hall–Kier alpha value is -1.92. The van der Waals surface area contributed by atoms with Crippen molar-refractivity contribution in [3.63, 3.8) is 0 Å². The van der Waals surface area contributed by atoms with Gasteiger partial charge in [-0.05, 0) is 18.6 Å². The van der Waals surface area contributed by atoms with Crippen LogP contribution in [0.3, 0.4) is 0 Å². The number of ether oxygens (including phenoxy) is 1. The molecule has 0 radical (unpaired) electrons. The van der Waals surface area contributed by atoms with Crippen molar-refractivity contribution in [2.45, 2.75) is 25.8 Å². The minimum Gasteiger partial charge on any atom is -0.495 e. The fourth-order valence-electron chi connectivity index (χ4n) is 1.93. The van der Waals surface area contributed by atoms with Crippen LogP contribution in [-0.2, 0) is 0 Å². The largest absolute Gasteiger partial charge is 0.495 e. The lowest BCUT2D eigenvalue weighted by Crippen LogP contribution is -2.14. The van der Waals surface area contributed by atoms with E-state index in [1.54, 1.807) is 24.6 Å². The van der Waals surface area contributed by atoms with Crippen LogP contribution in [0.15, 0.2) is 29.6 Å². The van der Waals surface area contributed by atoms with Crippen molar-refractivity contribution >= 4 is 22.9 Å². The number of nitrogens with zero attached hydrogens (tertiary/aromatic N) is 1. The molecule has 1 unspecified atom stereocenters. The minimum atomic E-state index is -0.259. The van der Waals surface area contributed by atoms with E-state index in [2.05, 4.69) is 17.2 Å². The average Bonchev–Trinajstić information content (AvgIpc) is 2.98. The predicted octanol–water partition coefficient (Wildman–Crippen LogP) is 3.20. The number of benzene rings is 1. The molecule has 3 N–H and O–H groups in total. The summed E-state index contributed by atoms with van der Waals surface area (Å²) in [7, 11) is 1.57. The van der Waals surface area contributed by atoms with E-state index in [0.717, 1.165) is 17.8 Å². The lowest BCUT2D eigenvalue weighted by Gasteiger charge is -2.08. The van der Waals surface area contributed by atoms with Gasteiger partial charge in [0.05, 0.1) is 18.8 Å². The van der Waals surface area contributed by atoms with E-state index in [-0.39, 0.29) is 11.9 Å². The van der Waals surface area contributed by atoms with Gasteiger partial charge in [0.25, 0.3) is 5.91 Å². The molecule has 2 aromatic rings. The third-order valence-corrected chi connectivity index (χ3v) is 4.00. The average molecular weight is 305 g/mol. The monoisotopic (exact) mass is 305 g/mol. The molecule has 5 nitrogen and oxygen atoms in total. The highest BCUT2D eigenvalue weighted by atomic mass is 32.1. The molecule has 1 amide bonds. The maximum atomic E-state index is 12.2. The summed E-state index contributed by atoms with van der Waals surface area (Å²) in [5, 5.41) is 5.33. The number of carbonyl (C=O) groups excluding carboxylic acids is 1. The van der Waals surface area contributed by atoms with Crippen LogP contribution >= 0.6 is 11.3 Å². The SMILES string of the molecule is CCCC(N)c1nc(C(=O)Nc2ccccc2OC)cs1. The van der Waals surface area contributed by atoms with Crippen LogP contribution in [0, 0.1) is 0 Å². The molecular formula is C15H19N3O2S. The van der Waals surface area contributed by atoms with Gasteiger partial charge in [0.1, 0.15) is 16.5 Å². The number of amides is 1. The van der Waals surface area contributed by atoms with E-state index in [9.17, 15) is 4.79 Å². The van der Waals surface area contributed by atoms with Crippen molar-refractivity contribution in [1.29, 1.82) is 0 Å². The Morgan fingerprint density at radius 2 is 2.24 bits per heavy atom. The molecule has 0 aliphatic heterocycles. The van der Waals surface area contributed by atoms with Crippen molar-refractivity contribution in [1.82, 2.24) is 4.98 Å². The first-order chi connectivity index (χ1) is 10.2. The molecule has 112 valence electrons. The van der Waals surface area contributed by atoms with Gasteiger partial charge < -0.3 is 15.8 Å². The normalized spacial score (nSPS) is 12.0. The molecule has 1 aromatic heterocycles. The summed E-state index contributed by atoms with van der Waals surface area (Å²) in [6.45, 7) is 2.07. The van der Waals surface area contributed by atoms with Crippen LogP contribution < -0.4 is 15.8 Å². The van der Waals surface area contributed by atoms with Crippen molar-refractivity contribution in [2.24, 2.45) is 5.73 Å². The van der Waals surface area contributed by atoms with Crippen LogP contribution in [0.1, 0.15) is 41.3 Å². The predicted molar refractivity (Wildman–Crippen MR) is 84.9 cm³/mol. The summed E-state index contributed by atoms with van der Waals surface area (Å²) in [5.74, 6) is 0.356. The molecule has 0 aliphatic carbocycles. The number of carbonyl (C=O) groups is 1. The molecule has 0 fully saturated rings. The van der Waals surface area contributed by atoms with Gasteiger partial charge in [0.2, 0.25) is 0 Å². The zero-order chi connectivity index (χ0) is 15.2. The van der Waals surface area contributed by atoms with Crippen LogP contribution in [0.2, 0.25) is 0 Å². The highest BCUT2D eigenvalue weighted by Gasteiger charge is 2.15. The standard InChI is InChI=1S/C15H19N3O2S/c1-3-6-10(16)15-18-12(9-21-15)14(19)17-11-7-4-5-8-13(11)20-2/h4-5,7-10H,3,6,16H2,1-2H3,(H,17,19). The summed E-state index contributed by atoms with van der Waals surface area (Å²) in [4.78, 5) is 16.5. The van der Waals surface area contributed by atoms with E-state index in [1.165, 1.54) is 11.3 Å². The van der Waals surface area contributed by atoms with Gasteiger partial charge in [0, 0.05) is 5.38 Å². The van der Waals surface area contributed by atoms with Crippen molar-refractivity contribution in [2.75, 3.05) is 12.4 Å². The lowest BCUT2D eigenvalue weighted by molar-refractivity contribution is 0.102. The summed E-state index contributed by atoms with van der Waals surface area (Å²) >= 11 is 1.42. The van der Waals surface area contributed by atoms with E-state index >= 15 is 0 Å². The first-order valence-corrected chi connectivity index (χ1v) is 7.69. The minimum absolute atomic E-state index is 0.104. The quantitative estimate of drug-likeness (QED) is 0.859. The first kappa shape index (κ1) is 15.5. The number of methoxy groups -OCH3 is 1. The second kappa shape index (κ2) is 7.19. The molecule has 1 atom stereocenters. The molecule has 1 aromatic carbocycles. The highest BCUT2D eigenvalue weighted by molar-refractivity contribution is 7.09. The molecular weight excluding hydrogens is 286 g/mol. The lowest BCUT2D eigenvalue weighted by atomic mass is 10.2. The highest BCUT2D eigenvalue weighted by Crippen LogP contribution is 2.25. The second-order valence-electron chi connectivity index (χ2n) is 4.62. The third-order valence-electron chi connectivity index (χ3n) is 3.03. The fraction of sp³-hybridized carbons (Fsp3) is 0.333. The summed E-state index contributed by atoms with van der Waals surface area (Å²) < 4.78 is 5.20. The fourth-order valence-corrected chi connectivity index (χ4v) is 2.77.